The molecule has 9 nitrogen and oxygen atoms in total. The van der Waals surface area contributed by atoms with Gasteiger partial charge in [-0.25, -0.2) is 13.4 Å². The number of aromatic amines is 1. The average Bonchev–Trinajstić information content (AvgIpc) is 3.23. The van der Waals surface area contributed by atoms with Crippen molar-refractivity contribution in [3.05, 3.63) is 40.3 Å². The highest BCUT2D eigenvalue weighted by Gasteiger charge is 2.32. The lowest BCUT2D eigenvalue weighted by atomic mass is 9.84. The Balaban J connectivity index is 1.74. The van der Waals surface area contributed by atoms with Crippen LogP contribution in [0.2, 0.25) is 0 Å². The predicted octanol–water partition coefficient (Wildman–Crippen LogP) is 4.09. The molecule has 0 spiro atoms. The van der Waals surface area contributed by atoms with Crippen LogP contribution in [0.3, 0.4) is 0 Å². The van der Waals surface area contributed by atoms with Crippen LogP contribution in [-0.2, 0) is 23.5 Å². The molecular weight excluding hydrogens is 504 g/mol. The molecule has 3 aromatic rings. The summed E-state index contributed by atoms with van der Waals surface area (Å²) in [4.78, 5) is 20.9. The first kappa shape index (κ1) is 28.3. The van der Waals surface area contributed by atoms with Gasteiger partial charge in [0.1, 0.15) is 17.1 Å². The Kier molecular flexibility index (Phi) is 8.95. The van der Waals surface area contributed by atoms with E-state index in [-0.39, 0.29) is 23.0 Å². The molecule has 0 radical (unpaired) electrons. The van der Waals surface area contributed by atoms with Gasteiger partial charge in [-0.3, -0.25) is 4.79 Å². The van der Waals surface area contributed by atoms with E-state index in [1.165, 1.54) is 4.31 Å². The number of H-pyrrole nitrogens is 1. The number of aryl methyl sites for hydroxylation is 2. The zero-order valence-corrected chi connectivity index (χ0v) is 23.7. The number of rotatable bonds is 11. The number of nitrogens with zero attached hydrogens (tertiary/aromatic N) is 3. The highest BCUT2D eigenvalue weighted by molar-refractivity contribution is 7.89. The number of ether oxygens (including phenoxy) is 1. The Morgan fingerprint density at radius 1 is 1.18 bits per heavy atom. The van der Waals surface area contributed by atoms with Crippen LogP contribution in [0.15, 0.2) is 34.1 Å². The van der Waals surface area contributed by atoms with E-state index in [9.17, 15) is 18.3 Å². The van der Waals surface area contributed by atoms with Crippen LogP contribution >= 0.6 is 0 Å². The maximum Gasteiger partial charge on any atom is 0.275 e. The minimum Gasteiger partial charge on any atom is -0.493 e. The van der Waals surface area contributed by atoms with Crippen LogP contribution in [0.1, 0.15) is 58.4 Å². The molecule has 2 aromatic heterocycles. The summed E-state index contributed by atoms with van der Waals surface area (Å²) in [5, 5.41) is 9.67. The Morgan fingerprint density at radius 3 is 2.55 bits per heavy atom. The maximum absolute atomic E-state index is 13.7. The number of aromatic nitrogens is 3. The van der Waals surface area contributed by atoms with Gasteiger partial charge in [0, 0.05) is 32.9 Å². The van der Waals surface area contributed by atoms with Gasteiger partial charge in [0.25, 0.3) is 5.56 Å². The molecule has 38 heavy (non-hydrogen) atoms. The summed E-state index contributed by atoms with van der Waals surface area (Å²) in [5.74, 6) is 1.30. The smallest absolute Gasteiger partial charge is 0.275 e. The van der Waals surface area contributed by atoms with Crippen molar-refractivity contribution in [3.8, 4) is 17.1 Å². The summed E-state index contributed by atoms with van der Waals surface area (Å²) >= 11 is 0. The molecule has 1 aromatic carbocycles. The second-order valence-corrected chi connectivity index (χ2v) is 12.2. The van der Waals surface area contributed by atoms with E-state index < -0.39 is 10.0 Å². The summed E-state index contributed by atoms with van der Waals surface area (Å²) in [5.41, 5.74) is 2.27. The Hall–Kier alpha value is -2.69. The first-order valence-corrected chi connectivity index (χ1v) is 15.1. The predicted molar refractivity (Wildman–Crippen MR) is 149 cm³/mol. The molecule has 1 saturated heterocycles. The lowest BCUT2D eigenvalue weighted by molar-refractivity contribution is 0.131. The van der Waals surface area contributed by atoms with Crippen molar-refractivity contribution in [1.82, 2.24) is 18.8 Å². The lowest BCUT2D eigenvalue weighted by Gasteiger charge is -2.34. The summed E-state index contributed by atoms with van der Waals surface area (Å²) in [7, 11) is -1.94. The van der Waals surface area contributed by atoms with E-state index in [1.807, 2.05) is 20.2 Å². The van der Waals surface area contributed by atoms with Gasteiger partial charge in [0.05, 0.1) is 22.6 Å². The highest BCUT2D eigenvalue weighted by Crippen LogP contribution is 2.34. The van der Waals surface area contributed by atoms with Gasteiger partial charge in [0.15, 0.2) is 0 Å². The summed E-state index contributed by atoms with van der Waals surface area (Å²) in [6.07, 6.45) is 6.74. The maximum atomic E-state index is 13.7. The second-order valence-electron chi connectivity index (χ2n) is 10.2. The van der Waals surface area contributed by atoms with Gasteiger partial charge in [-0.05, 0) is 61.3 Å². The molecule has 1 atom stereocenters. The SMILES string of the molecule is CCCOc1ccc(S(=O)(=O)N2CCC(C(CC)CO)CC2)cc1-c1nc2c(CCC)cn(C)c2c(=O)[nH]1. The molecule has 0 saturated carbocycles. The van der Waals surface area contributed by atoms with E-state index in [1.54, 1.807) is 22.8 Å². The fourth-order valence-electron chi connectivity index (χ4n) is 5.50. The summed E-state index contributed by atoms with van der Waals surface area (Å²) < 4.78 is 36.6. The molecule has 0 amide bonds. The first-order chi connectivity index (χ1) is 18.2. The van der Waals surface area contributed by atoms with Crippen molar-refractivity contribution < 1.29 is 18.3 Å². The van der Waals surface area contributed by atoms with Gasteiger partial charge in [-0.1, -0.05) is 33.6 Å². The molecule has 1 unspecified atom stereocenters. The van der Waals surface area contributed by atoms with Crippen molar-refractivity contribution in [2.45, 2.75) is 64.2 Å². The number of hydrogen-bond acceptors (Lipinski definition) is 6. The number of aliphatic hydroxyl groups excluding tert-OH is 1. The standard InChI is InChI=1S/C28H40N4O5S/c1-5-8-21-17-31(4)26-25(21)29-27(30-28(26)34)23-16-22(9-10-24(23)37-15-6-2)38(35,36)32-13-11-20(12-14-32)19(7-3)18-33/h9-10,16-17,19-20,33H,5-8,11-15,18H2,1-4H3,(H,29,30,34). The largest absolute Gasteiger partial charge is 0.493 e. The minimum absolute atomic E-state index is 0.132. The average molecular weight is 545 g/mol. The topological polar surface area (TPSA) is 118 Å². The van der Waals surface area contributed by atoms with Crippen LogP contribution < -0.4 is 10.3 Å². The molecule has 0 bridgehead atoms. The molecular formula is C28H40N4O5S. The molecule has 2 N–H and O–H groups in total. The fourth-order valence-corrected chi connectivity index (χ4v) is 6.99. The monoisotopic (exact) mass is 544 g/mol. The summed E-state index contributed by atoms with van der Waals surface area (Å²) in [6.45, 7) is 7.55. The van der Waals surface area contributed by atoms with E-state index in [0.717, 1.165) is 44.1 Å². The van der Waals surface area contributed by atoms with Gasteiger partial charge in [0.2, 0.25) is 10.0 Å². The Bertz CT molecular complexity index is 1420. The van der Waals surface area contributed by atoms with Gasteiger partial charge < -0.3 is 19.4 Å². The quantitative estimate of drug-likeness (QED) is 0.376. The van der Waals surface area contributed by atoms with E-state index >= 15 is 0 Å². The third-order valence-corrected chi connectivity index (χ3v) is 9.55. The van der Waals surface area contributed by atoms with Crippen LogP contribution in [0.5, 0.6) is 5.75 Å². The normalized spacial score (nSPS) is 16.2. The molecule has 1 aliphatic heterocycles. The van der Waals surface area contributed by atoms with E-state index in [4.69, 9.17) is 9.72 Å². The number of piperidine rings is 1. The number of fused-ring (bicyclic) bond motifs is 1. The molecule has 3 heterocycles. The fraction of sp³-hybridized carbons (Fsp3) is 0.571. The van der Waals surface area contributed by atoms with Crippen molar-refractivity contribution in [3.63, 3.8) is 0 Å². The first-order valence-electron chi connectivity index (χ1n) is 13.7. The molecule has 1 fully saturated rings. The van der Waals surface area contributed by atoms with E-state index in [0.29, 0.717) is 53.8 Å². The molecule has 10 heteroatoms. The zero-order chi connectivity index (χ0) is 27.4. The van der Waals surface area contributed by atoms with Crippen LogP contribution in [0.25, 0.3) is 22.4 Å². The second kappa shape index (κ2) is 12.0. The zero-order valence-electron chi connectivity index (χ0n) is 22.9. The van der Waals surface area contributed by atoms with Gasteiger partial charge in [-0.15, -0.1) is 0 Å². The van der Waals surface area contributed by atoms with Crippen molar-refractivity contribution in [2.75, 3.05) is 26.3 Å². The van der Waals surface area contributed by atoms with Crippen LogP contribution in [0, 0.1) is 11.8 Å². The van der Waals surface area contributed by atoms with Crippen molar-refractivity contribution >= 4 is 21.1 Å². The molecule has 208 valence electrons. The number of benzene rings is 1. The Labute approximate surface area is 224 Å². The lowest BCUT2D eigenvalue weighted by Crippen LogP contribution is -2.40. The number of nitrogens with one attached hydrogen (secondary N) is 1. The third-order valence-electron chi connectivity index (χ3n) is 7.65. The molecule has 4 rings (SSSR count). The summed E-state index contributed by atoms with van der Waals surface area (Å²) in [6, 6.07) is 4.80. The Morgan fingerprint density at radius 2 is 1.92 bits per heavy atom. The van der Waals surface area contributed by atoms with Gasteiger partial charge in [-0.2, -0.15) is 4.31 Å². The third kappa shape index (κ3) is 5.53. The molecule has 0 aliphatic carbocycles. The minimum atomic E-state index is -3.77. The molecule has 1 aliphatic rings. The van der Waals surface area contributed by atoms with Crippen molar-refractivity contribution in [2.24, 2.45) is 18.9 Å². The van der Waals surface area contributed by atoms with Crippen LogP contribution in [0.4, 0.5) is 0 Å². The van der Waals surface area contributed by atoms with Crippen molar-refractivity contribution in [1.29, 1.82) is 0 Å². The van der Waals surface area contributed by atoms with E-state index in [2.05, 4.69) is 18.8 Å². The number of aliphatic hydroxyl groups is 1. The van der Waals surface area contributed by atoms with Crippen LogP contribution in [-0.4, -0.2) is 58.7 Å². The van der Waals surface area contributed by atoms with Gasteiger partial charge >= 0.3 is 0 Å². The highest BCUT2D eigenvalue weighted by atomic mass is 32.2. The number of sulfonamides is 1. The number of hydrogen-bond donors (Lipinski definition) is 2.